The van der Waals surface area contributed by atoms with Gasteiger partial charge in [0, 0.05) is 6.54 Å². The molecule has 3 nitrogen and oxygen atoms in total. The lowest BCUT2D eigenvalue weighted by atomic mass is 9.75. The SMILES string of the molecule is CCCC1(CN(CC)Cc2ccco2)CCNCC1. The topological polar surface area (TPSA) is 28.4 Å². The van der Waals surface area contributed by atoms with Crippen LogP contribution >= 0.6 is 0 Å². The molecule has 0 spiro atoms. The molecule has 0 aromatic carbocycles. The Hall–Kier alpha value is -0.800. The first-order valence-corrected chi connectivity index (χ1v) is 7.73. The van der Waals surface area contributed by atoms with Crippen LogP contribution in [0.5, 0.6) is 0 Å². The maximum Gasteiger partial charge on any atom is 0.117 e. The van der Waals surface area contributed by atoms with Gasteiger partial charge in [-0.15, -0.1) is 0 Å². The molecule has 0 radical (unpaired) electrons. The summed E-state index contributed by atoms with van der Waals surface area (Å²) in [5.41, 5.74) is 0.516. The van der Waals surface area contributed by atoms with Gasteiger partial charge in [-0.25, -0.2) is 0 Å². The summed E-state index contributed by atoms with van der Waals surface area (Å²) in [6.45, 7) is 10.2. The Kier molecular flexibility index (Phi) is 5.46. The lowest BCUT2D eigenvalue weighted by Crippen LogP contribution is -2.44. The van der Waals surface area contributed by atoms with Gasteiger partial charge in [-0.2, -0.15) is 0 Å². The van der Waals surface area contributed by atoms with E-state index in [1.807, 2.05) is 6.07 Å². The quantitative estimate of drug-likeness (QED) is 0.819. The highest BCUT2D eigenvalue weighted by Gasteiger charge is 2.32. The number of nitrogens with zero attached hydrogens (tertiary/aromatic N) is 1. The Bertz CT molecular complexity index is 336. The number of nitrogens with one attached hydrogen (secondary N) is 1. The zero-order chi connectivity index (χ0) is 13.6. The van der Waals surface area contributed by atoms with Crippen LogP contribution in [0, 0.1) is 5.41 Å². The van der Waals surface area contributed by atoms with E-state index in [1.165, 1.54) is 45.3 Å². The second-order valence-electron chi connectivity index (χ2n) is 5.88. The molecule has 1 aliphatic heterocycles. The van der Waals surface area contributed by atoms with Gasteiger partial charge in [-0.1, -0.05) is 20.3 Å². The summed E-state index contributed by atoms with van der Waals surface area (Å²) < 4.78 is 5.49. The van der Waals surface area contributed by atoms with Gasteiger partial charge in [0.1, 0.15) is 5.76 Å². The van der Waals surface area contributed by atoms with Crippen LogP contribution in [0.4, 0.5) is 0 Å². The summed E-state index contributed by atoms with van der Waals surface area (Å²) in [7, 11) is 0. The summed E-state index contributed by atoms with van der Waals surface area (Å²) in [4.78, 5) is 2.54. The summed E-state index contributed by atoms with van der Waals surface area (Å²) in [6.07, 6.45) is 7.04. The zero-order valence-corrected chi connectivity index (χ0v) is 12.5. The Morgan fingerprint density at radius 2 is 2.11 bits per heavy atom. The van der Waals surface area contributed by atoms with Crippen LogP contribution in [0.15, 0.2) is 22.8 Å². The minimum Gasteiger partial charge on any atom is -0.468 e. The Morgan fingerprint density at radius 3 is 2.68 bits per heavy atom. The number of piperidine rings is 1. The summed E-state index contributed by atoms with van der Waals surface area (Å²) in [6, 6.07) is 4.06. The van der Waals surface area contributed by atoms with Gasteiger partial charge in [0.15, 0.2) is 0 Å². The van der Waals surface area contributed by atoms with Crippen molar-refractivity contribution in [3.8, 4) is 0 Å². The van der Waals surface area contributed by atoms with E-state index in [0.717, 1.165) is 18.8 Å². The minimum absolute atomic E-state index is 0.516. The highest BCUT2D eigenvalue weighted by molar-refractivity contribution is 4.98. The summed E-state index contributed by atoms with van der Waals surface area (Å²) in [5.74, 6) is 1.09. The summed E-state index contributed by atoms with van der Waals surface area (Å²) in [5, 5.41) is 3.50. The first-order chi connectivity index (χ1) is 9.28. The van der Waals surface area contributed by atoms with Gasteiger partial charge < -0.3 is 9.73 Å². The molecule has 0 atom stereocenters. The van der Waals surface area contributed by atoms with Crippen LogP contribution < -0.4 is 5.32 Å². The fourth-order valence-corrected chi connectivity index (χ4v) is 3.35. The molecule has 19 heavy (non-hydrogen) atoms. The molecule has 1 aromatic heterocycles. The maximum absolute atomic E-state index is 5.49. The first-order valence-electron chi connectivity index (χ1n) is 7.73. The molecular weight excluding hydrogens is 236 g/mol. The van der Waals surface area contributed by atoms with Crippen molar-refractivity contribution in [1.29, 1.82) is 0 Å². The fraction of sp³-hybridized carbons (Fsp3) is 0.750. The molecule has 108 valence electrons. The molecule has 3 heteroatoms. The van der Waals surface area contributed by atoms with Crippen molar-refractivity contribution in [2.45, 2.75) is 46.1 Å². The third kappa shape index (κ3) is 4.08. The van der Waals surface area contributed by atoms with Crippen molar-refractivity contribution < 1.29 is 4.42 Å². The second kappa shape index (κ2) is 7.11. The monoisotopic (exact) mass is 264 g/mol. The van der Waals surface area contributed by atoms with Crippen LogP contribution in [0.3, 0.4) is 0 Å². The molecule has 0 amide bonds. The van der Waals surface area contributed by atoms with Crippen molar-refractivity contribution in [1.82, 2.24) is 10.2 Å². The van der Waals surface area contributed by atoms with E-state index in [9.17, 15) is 0 Å². The average molecular weight is 264 g/mol. The van der Waals surface area contributed by atoms with E-state index in [2.05, 4.69) is 30.1 Å². The predicted molar refractivity (Wildman–Crippen MR) is 79.1 cm³/mol. The van der Waals surface area contributed by atoms with E-state index in [-0.39, 0.29) is 0 Å². The predicted octanol–water partition coefficient (Wildman–Crippen LogP) is 3.27. The highest BCUT2D eigenvalue weighted by atomic mass is 16.3. The lowest BCUT2D eigenvalue weighted by Gasteiger charge is -2.41. The molecule has 0 bridgehead atoms. The zero-order valence-electron chi connectivity index (χ0n) is 12.5. The van der Waals surface area contributed by atoms with Gasteiger partial charge in [0.2, 0.25) is 0 Å². The maximum atomic E-state index is 5.49. The van der Waals surface area contributed by atoms with Gasteiger partial charge in [-0.05, 0) is 56.4 Å². The number of furan rings is 1. The molecule has 1 saturated heterocycles. The average Bonchev–Trinajstić information content (AvgIpc) is 2.92. The van der Waals surface area contributed by atoms with Crippen LogP contribution in [0.2, 0.25) is 0 Å². The first kappa shape index (κ1) is 14.6. The van der Waals surface area contributed by atoms with Gasteiger partial charge in [-0.3, -0.25) is 4.90 Å². The van der Waals surface area contributed by atoms with Crippen molar-refractivity contribution in [2.24, 2.45) is 5.41 Å². The minimum atomic E-state index is 0.516. The molecule has 2 heterocycles. The van der Waals surface area contributed by atoms with Crippen molar-refractivity contribution in [3.63, 3.8) is 0 Å². The van der Waals surface area contributed by atoms with E-state index >= 15 is 0 Å². The second-order valence-corrected chi connectivity index (χ2v) is 5.88. The van der Waals surface area contributed by atoms with E-state index < -0.39 is 0 Å². The Balaban J connectivity index is 1.97. The number of hydrogen-bond acceptors (Lipinski definition) is 3. The third-order valence-electron chi connectivity index (χ3n) is 4.41. The number of rotatable bonds is 7. The smallest absolute Gasteiger partial charge is 0.117 e. The molecule has 1 aromatic rings. The number of hydrogen-bond donors (Lipinski definition) is 1. The van der Waals surface area contributed by atoms with Crippen molar-refractivity contribution >= 4 is 0 Å². The van der Waals surface area contributed by atoms with Crippen LogP contribution in [-0.2, 0) is 6.54 Å². The standard InChI is InChI=1S/C16H28N2O/c1-3-7-16(8-10-17-11-9-16)14-18(4-2)13-15-6-5-12-19-15/h5-6,12,17H,3-4,7-11,13-14H2,1-2H3. The van der Waals surface area contributed by atoms with Gasteiger partial charge >= 0.3 is 0 Å². The largest absolute Gasteiger partial charge is 0.468 e. The van der Waals surface area contributed by atoms with Crippen LogP contribution in [-0.4, -0.2) is 31.1 Å². The Labute approximate surface area is 117 Å². The van der Waals surface area contributed by atoms with E-state index in [1.54, 1.807) is 6.26 Å². The van der Waals surface area contributed by atoms with Crippen LogP contribution in [0.25, 0.3) is 0 Å². The molecular formula is C16H28N2O. The molecule has 1 aliphatic rings. The van der Waals surface area contributed by atoms with Gasteiger partial charge in [0.25, 0.3) is 0 Å². The van der Waals surface area contributed by atoms with E-state index in [4.69, 9.17) is 4.42 Å². The van der Waals surface area contributed by atoms with E-state index in [0.29, 0.717) is 5.41 Å². The normalized spacial score (nSPS) is 18.9. The molecule has 2 rings (SSSR count). The molecule has 0 saturated carbocycles. The fourth-order valence-electron chi connectivity index (χ4n) is 3.35. The van der Waals surface area contributed by atoms with Crippen molar-refractivity contribution in [2.75, 3.05) is 26.2 Å². The highest BCUT2D eigenvalue weighted by Crippen LogP contribution is 2.35. The van der Waals surface area contributed by atoms with Gasteiger partial charge in [0.05, 0.1) is 12.8 Å². The third-order valence-corrected chi connectivity index (χ3v) is 4.41. The lowest BCUT2D eigenvalue weighted by molar-refractivity contribution is 0.0952. The molecule has 1 fully saturated rings. The molecule has 1 N–H and O–H groups in total. The molecule has 0 aliphatic carbocycles. The summed E-state index contributed by atoms with van der Waals surface area (Å²) >= 11 is 0. The van der Waals surface area contributed by atoms with Crippen molar-refractivity contribution in [3.05, 3.63) is 24.2 Å². The Morgan fingerprint density at radius 1 is 1.32 bits per heavy atom. The van der Waals surface area contributed by atoms with Crippen LogP contribution in [0.1, 0.15) is 45.3 Å². The molecule has 0 unspecified atom stereocenters.